The summed E-state index contributed by atoms with van der Waals surface area (Å²) in [5.74, 6) is -0.861. The van der Waals surface area contributed by atoms with Gasteiger partial charge in [0.2, 0.25) is 10.0 Å². The zero-order valence-corrected chi connectivity index (χ0v) is 11.1. The number of nitrogens with zero attached hydrogens (tertiary/aromatic N) is 2. The maximum atomic E-state index is 13.4. The molecule has 8 heteroatoms. The molecule has 0 amide bonds. The van der Waals surface area contributed by atoms with Gasteiger partial charge in [0.15, 0.2) is 0 Å². The molecule has 1 N–H and O–H groups in total. The second-order valence-electron chi connectivity index (χ2n) is 3.48. The van der Waals surface area contributed by atoms with E-state index in [1.54, 1.807) is 17.6 Å². The van der Waals surface area contributed by atoms with Crippen LogP contribution in [-0.2, 0) is 16.6 Å². The first-order valence-corrected chi connectivity index (χ1v) is 7.47. The van der Waals surface area contributed by atoms with Crippen LogP contribution in [0.15, 0.2) is 34.7 Å². The Morgan fingerprint density at radius 2 is 2.26 bits per heavy atom. The summed E-state index contributed by atoms with van der Waals surface area (Å²) < 4.78 is 39.7. The van der Waals surface area contributed by atoms with Crippen LogP contribution in [0, 0.1) is 17.1 Å². The molecule has 98 valence electrons. The molecule has 0 saturated heterocycles. The summed E-state index contributed by atoms with van der Waals surface area (Å²) in [7, 11) is -3.95. The Bertz CT molecular complexity index is 721. The number of nitrogens with one attached hydrogen (secondary N) is 1. The number of hydrogen-bond donors (Lipinski definition) is 1. The van der Waals surface area contributed by atoms with Crippen LogP contribution in [0.3, 0.4) is 0 Å². The Balaban J connectivity index is 2.30. The Morgan fingerprint density at radius 1 is 1.47 bits per heavy atom. The van der Waals surface area contributed by atoms with E-state index in [2.05, 4.69) is 9.71 Å². The highest BCUT2D eigenvalue weighted by atomic mass is 32.2. The van der Waals surface area contributed by atoms with E-state index in [0.29, 0.717) is 5.01 Å². The van der Waals surface area contributed by atoms with Crippen molar-refractivity contribution in [2.45, 2.75) is 11.4 Å². The SMILES string of the molecule is N#Cc1c(F)cccc1S(=O)(=O)NCc1nccs1. The molecule has 0 atom stereocenters. The highest BCUT2D eigenvalue weighted by molar-refractivity contribution is 7.89. The van der Waals surface area contributed by atoms with Gasteiger partial charge in [0.05, 0.1) is 6.54 Å². The van der Waals surface area contributed by atoms with E-state index in [9.17, 15) is 12.8 Å². The third-order valence-electron chi connectivity index (χ3n) is 2.27. The molecule has 5 nitrogen and oxygen atoms in total. The Kier molecular flexibility index (Phi) is 3.90. The van der Waals surface area contributed by atoms with E-state index in [-0.39, 0.29) is 11.4 Å². The van der Waals surface area contributed by atoms with E-state index >= 15 is 0 Å². The molecule has 0 unspecified atom stereocenters. The molecule has 0 aliphatic carbocycles. The molecule has 0 aliphatic heterocycles. The lowest BCUT2D eigenvalue weighted by Crippen LogP contribution is -2.24. The summed E-state index contributed by atoms with van der Waals surface area (Å²) in [5, 5.41) is 11.1. The molecule has 0 radical (unpaired) electrons. The molecule has 0 bridgehead atoms. The zero-order valence-electron chi connectivity index (χ0n) is 9.50. The van der Waals surface area contributed by atoms with Crippen LogP contribution in [0.4, 0.5) is 4.39 Å². The molecular weight excluding hydrogens is 289 g/mol. The number of halogens is 1. The van der Waals surface area contributed by atoms with Crippen molar-refractivity contribution in [3.63, 3.8) is 0 Å². The van der Waals surface area contributed by atoms with Crippen LogP contribution in [0.2, 0.25) is 0 Å². The molecule has 0 spiro atoms. The minimum atomic E-state index is -3.95. The predicted molar refractivity (Wildman–Crippen MR) is 67.3 cm³/mol. The van der Waals surface area contributed by atoms with E-state index < -0.39 is 21.4 Å². The summed E-state index contributed by atoms with van der Waals surface area (Å²) in [5.41, 5.74) is -0.492. The second kappa shape index (κ2) is 5.44. The molecule has 2 rings (SSSR count). The molecule has 0 saturated carbocycles. The van der Waals surface area contributed by atoms with Crippen molar-refractivity contribution in [2.75, 3.05) is 0 Å². The molecule has 0 aliphatic rings. The molecule has 1 heterocycles. The second-order valence-corrected chi connectivity index (χ2v) is 6.19. The first kappa shape index (κ1) is 13.6. The maximum absolute atomic E-state index is 13.4. The highest BCUT2D eigenvalue weighted by Crippen LogP contribution is 2.18. The minimum Gasteiger partial charge on any atom is -0.248 e. The lowest BCUT2D eigenvalue weighted by Gasteiger charge is -2.07. The number of aromatic nitrogens is 1. The summed E-state index contributed by atoms with van der Waals surface area (Å²) in [6.45, 7) is 0.00137. The number of sulfonamides is 1. The van der Waals surface area contributed by atoms with Crippen molar-refractivity contribution in [1.82, 2.24) is 9.71 Å². The van der Waals surface area contributed by atoms with Crippen molar-refractivity contribution < 1.29 is 12.8 Å². The fourth-order valence-corrected chi connectivity index (χ4v) is 3.21. The van der Waals surface area contributed by atoms with Gasteiger partial charge in [0.25, 0.3) is 0 Å². The average molecular weight is 297 g/mol. The summed E-state index contributed by atoms with van der Waals surface area (Å²) >= 11 is 1.29. The summed E-state index contributed by atoms with van der Waals surface area (Å²) in [6.07, 6.45) is 1.55. The lowest BCUT2D eigenvalue weighted by molar-refractivity contribution is 0.576. The van der Waals surface area contributed by atoms with Gasteiger partial charge in [-0.3, -0.25) is 0 Å². The Morgan fingerprint density at radius 3 is 2.89 bits per heavy atom. The molecule has 1 aromatic heterocycles. The minimum absolute atomic E-state index is 0.00137. The van der Waals surface area contributed by atoms with Gasteiger partial charge in [-0.15, -0.1) is 11.3 Å². The van der Waals surface area contributed by atoms with Crippen LogP contribution in [-0.4, -0.2) is 13.4 Å². The van der Waals surface area contributed by atoms with Gasteiger partial charge in [0, 0.05) is 11.6 Å². The van der Waals surface area contributed by atoms with Gasteiger partial charge < -0.3 is 0 Å². The molecule has 19 heavy (non-hydrogen) atoms. The maximum Gasteiger partial charge on any atom is 0.242 e. The third kappa shape index (κ3) is 2.96. The van der Waals surface area contributed by atoms with Gasteiger partial charge in [-0.2, -0.15) is 5.26 Å². The Hall–Kier alpha value is -1.82. The lowest BCUT2D eigenvalue weighted by atomic mass is 10.2. The zero-order chi connectivity index (χ0) is 13.9. The van der Waals surface area contributed by atoms with E-state index in [0.717, 1.165) is 6.07 Å². The third-order valence-corrected chi connectivity index (χ3v) is 4.50. The van der Waals surface area contributed by atoms with Crippen LogP contribution in [0.1, 0.15) is 10.6 Å². The van der Waals surface area contributed by atoms with Crippen molar-refractivity contribution in [2.24, 2.45) is 0 Å². The van der Waals surface area contributed by atoms with Crippen LogP contribution < -0.4 is 4.72 Å². The average Bonchev–Trinajstić information content (AvgIpc) is 2.89. The quantitative estimate of drug-likeness (QED) is 0.929. The highest BCUT2D eigenvalue weighted by Gasteiger charge is 2.21. The van der Waals surface area contributed by atoms with Crippen LogP contribution in [0.5, 0.6) is 0 Å². The predicted octanol–water partition coefficient (Wildman–Crippen LogP) is 1.63. The fraction of sp³-hybridized carbons (Fsp3) is 0.0909. The van der Waals surface area contributed by atoms with E-state index in [1.165, 1.54) is 23.5 Å². The van der Waals surface area contributed by atoms with Gasteiger partial charge in [0.1, 0.15) is 27.4 Å². The van der Waals surface area contributed by atoms with Crippen molar-refractivity contribution >= 4 is 21.4 Å². The smallest absolute Gasteiger partial charge is 0.242 e. The van der Waals surface area contributed by atoms with Crippen molar-refractivity contribution in [3.8, 4) is 6.07 Å². The molecule has 0 fully saturated rings. The number of thiazole rings is 1. The first-order valence-electron chi connectivity index (χ1n) is 5.11. The van der Waals surface area contributed by atoms with E-state index in [4.69, 9.17) is 5.26 Å². The Labute approximate surface area is 113 Å². The standard InChI is InChI=1S/C11H8FN3O2S2/c12-9-2-1-3-10(8(9)6-13)19(16,17)15-7-11-14-4-5-18-11/h1-5,15H,7H2. The summed E-state index contributed by atoms with van der Waals surface area (Å²) in [4.78, 5) is 3.56. The van der Waals surface area contributed by atoms with Crippen LogP contribution >= 0.6 is 11.3 Å². The van der Waals surface area contributed by atoms with Gasteiger partial charge in [-0.05, 0) is 12.1 Å². The van der Waals surface area contributed by atoms with Gasteiger partial charge in [-0.1, -0.05) is 6.07 Å². The van der Waals surface area contributed by atoms with Crippen molar-refractivity contribution in [1.29, 1.82) is 5.26 Å². The topological polar surface area (TPSA) is 82.8 Å². The number of hydrogen-bond acceptors (Lipinski definition) is 5. The van der Waals surface area contributed by atoms with Gasteiger partial charge >= 0.3 is 0 Å². The first-order chi connectivity index (χ1) is 9.04. The van der Waals surface area contributed by atoms with Crippen LogP contribution in [0.25, 0.3) is 0 Å². The summed E-state index contributed by atoms with van der Waals surface area (Å²) in [6, 6.07) is 5.03. The molecule has 1 aromatic carbocycles. The largest absolute Gasteiger partial charge is 0.248 e. The van der Waals surface area contributed by atoms with Gasteiger partial charge in [-0.25, -0.2) is 22.5 Å². The normalized spacial score (nSPS) is 11.2. The number of benzene rings is 1. The number of rotatable bonds is 4. The fourth-order valence-electron chi connectivity index (χ4n) is 1.41. The number of nitriles is 1. The van der Waals surface area contributed by atoms with Crippen molar-refractivity contribution in [3.05, 3.63) is 46.2 Å². The molecule has 2 aromatic rings. The monoisotopic (exact) mass is 297 g/mol. The molecular formula is C11H8FN3O2S2. The van der Waals surface area contributed by atoms with E-state index in [1.807, 2.05) is 0 Å².